The predicted molar refractivity (Wildman–Crippen MR) is 88.5 cm³/mol. The van der Waals surface area contributed by atoms with E-state index in [1.165, 1.54) is 19.3 Å². The second-order valence-corrected chi connectivity index (χ2v) is 7.77. The van der Waals surface area contributed by atoms with Gasteiger partial charge in [0.1, 0.15) is 0 Å². The first-order valence-electron chi connectivity index (χ1n) is 8.98. The topological polar surface area (TPSA) is 67.4 Å². The third kappa shape index (κ3) is 1.97. The molecule has 1 saturated heterocycles. The summed E-state index contributed by atoms with van der Waals surface area (Å²) in [5.74, 6) is 0.620. The average Bonchev–Trinajstić information content (AvgIpc) is 3.06. The van der Waals surface area contributed by atoms with E-state index in [4.69, 9.17) is 4.74 Å². The fourth-order valence-corrected chi connectivity index (χ4v) is 5.24. The molecular formula is C19H22N2O3. The Hall–Kier alpha value is -1.88. The lowest BCUT2D eigenvalue weighted by Crippen LogP contribution is -2.71. The molecule has 5 rings (SSSR count). The molecule has 24 heavy (non-hydrogen) atoms. The lowest BCUT2D eigenvalue weighted by atomic mass is 9.46. The van der Waals surface area contributed by atoms with Crippen molar-refractivity contribution in [1.29, 1.82) is 0 Å². The van der Waals surface area contributed by atoms with Crippen LogP contribution in [0, 0.1) is 11.3 Å². The van der Waals surface area contributed by atoms with Gasteiger partial charge in [0.15, 0.2) is 0 Å². The molecule has 4 aliphatic rings. The highest BCUT2D eigenvalue weighted by molar-refractivity contribution is 5.99. The molecule has 2 N–H and O–H groups in total. The maximum Gasteiger partial charge on any atom is 0.228 e. The van der Waals surface area contributed by atoms with Crippen LogP contribution in [0.25, 0.3) is 0 Å². The standard InChI is InChI=1S/C19H22N2O3/c22-15(9-11-2-3-12-10-16(23)20-14(12)8-11)21-17-13-4-7-24-18(13)19(17)5-1-6-19/h2-3,8,13,17-18H,1,4-7,9-10H2,(H,20,23)(H,21,22). The molecule has 2 aliphatic heterocycles. The van der Waals surface area contributed by atoms with Crippen molar-refractivity contribution in [3.05, 3.63) is 29.3 Å². The number of hydrogen-bond acceptors (Lipinski definition) is 3. The Balaban J connectivity index is 1.27. The molecule has 3 unspecified atom stereocenters. The van der Waals surface area contributed by atoms with Crippen LogP contribution in [0.3, 0.4) is 0 Å². The van der Waals surface area contributed by atoms with Gasteiger partial charge in [-0.3, -0.25) is 9.59 Å². The van der Waals surface area contributed by atoms with Crippen LogP contribution in [-0.2, 0) is 27.2 Å². The Morgan fingerprint density at radius 1 is 1.38 bits per heavy atom. The summed E-state index contributed by atoms with van der Waals surface area (Å²) in [7, 11) is 0. The Kier molecular flexibility index (Phi) is 3.05. The lowest BCUT2D eigenvalue weighted by molar-refractivity contribution is -0.179. The highest BCUT2D eigenvalue weighted by atomic mass is 16.5. The molecule has 0 bridgehead atoms. The van der Waals surface area contributed by atoms with Gasteiger partial charge in [-0.25, -0.2) is 0 Å². The number of rotatable bonds is 3. The Morgan fingerprint density at radius 2 is 2.25 bits per heavy atom. The van der Waals surface area contributed by atoms with Crippen molar-refractivity contribution in [1.82, 2.24) is 5.32 Å². The van der Waals surface area contributed by atoms with Crippen molar-refractivity contribution in [2.45, 2.75) is 50.7 Å². The van der Waals surface area contributed by atoms with Crippen molar-refractivity contribution >= 4 is 17.5 Å². The van der Waals surface area contributed by atoms with Crippen molar-refractivity contribution in [2.24, 2.45) is 11.3 Å². The molecule has 2 saturated carbocycles. The van der Waals surface area contributed by atoms with Crippen LogP contribution in [0.2, 0.25) is 0 Å². The first-order valence-corrected chi connectivity index (χ1v) is 8.98. The number of carbonyl (C=O) groups excluding carboxylic acids is 2. The highest BCUT2D eigenvalue weighted by Crippen LogP contribution is 2.62. The zero-order chi connectivity index (χ0) is 16.3. The van der Waals surface area contributed by atoms with Gasteiger partial charge < -0.3 is 15.4 Å². The normalized spacial score (nSPS) is 31.7. The number of anilines is 1. The summed E-state index contributed by atoms with van der Waals surface area (Å²) in [6, 6.07) is 6.13. The maximum atomic E-state index is 12.6. The summed E-state index contributed by atoms with van der Waals surface area (Å²) in [6.45, 7) is 0.841. The highest BCUT2D eigenvalue weighted by Gasteiger charge is 2.66. The summed E-state index contributed by atoms with van der Waals surface area (Å²) in [5.41, 5.74) is 3.05. The van der Waals surface area contributed by atoms with E-state index in [1.54, 1.807) is 0 Å². The molecule has 2 heterocycles. The third-order valence-electron chi connectivity index (χ3n) is 6.52. The third-order valence-corrected chi connectivity index (χ3v) is 6.52. The molecular weight excluding hydrogens is 304 g/mol. The van der Waals surface area contributed by atoms with Crippen LogP contribution in [0.5, 0.6) is 0 Å². The zero-order valence-electron chi connectivity index (χ0n) is 13.6. The van der Waals surface area contributed by atoms with E-state index in [0.29, 0.717) is 30.9 Å². The molecule has 1 aromatic carbocycles. The van der Waals surface area contributed by atoms with Gasteiger partial charge in [0.05, 0.1) is 18.9 Å². The number of nitrogens with one attached hydrogen (secondary N) is 2. The van der Waals surface area contributed by atoms with E-state index in [2.05, 4.69) is 10.6 Å². The molecule has 1 aromatic rings. The maximum absolute atomic E-state index is 12.6. The number of carbonyl (C=O) groups is 2. The fourth-order valence-electron chi connectivity index (χ4n) is 5.24. The minimum absolute atomic E-state index is 0.0280. The number of fused-ring (bicyclic) bond motifs is 3. The van der Waals surface area contributed by atoms with Crippen molar-refractivity contribution in [3.8, 4) is 0 Å². The molecule has 2 aliphatic carbocycles. The van der Waals surface area contributed by atoms with Gasteiger partial charge in [0, 0.05) is 29.7 Å². The lowest BCUT2D eigenvalue weighted by Gasteiger charge is -2.63. The smallest absolute Gasteiger partial charge is 0.228 e. The number of ether oxygens (including phenoxy) is 1. The summed E-state index contributed by atoms with van der Waals surface area (Å²) < 4.78 is 5.91. The van der Waals surface area contributed by atoms with Gasteiger partial charge >= 0.3 is 0 Å². The summed E-state index contributed by atoms with van der Waals surface area (Å²) in [5, 5.41) is 6.15. The van der Waals surface area contributed by atoms with E-state index in [0.717, 1.165) is 29.8 Å². The molecule has 5 nitrogen and oxygen atoms in total. The molecule has 0 radical (unpaired) electrons. The van der Waals surface area contributed by atoms with Gasteiger partial charge in [-0.15, -0.1) is 0 Å². The summed E-state index contributed by atoms with van der Waals surface area (Å²) in [4.78, 5) is 24.0. The molecule has 3 fully saturated rings. The SMILES string of the molecule is O=C1Cc2ccc(CC(=O)NC3C4CCOC4C34CCC4)cc2N1. The van der Waals surface area contributed by atoms with Gasteiger partial charge in [-0.2, -0.15) is 0 Å². The molecule has 126 valence electrons. The van der Waals surface area contributed by atoms with Gasteiger partial charge in [-0.05, 0) is 36.5 Å². The van der Waals surface area contributed by atoms with Gasteiger partial charge in [0.2, 0.25) is 11.8 Å². The van der Waals surface area contributed by atoms with Crippen molar-refractivity contribution in [2.75, 3.05) is 11.9 Å². The van der Waals surface area contributed by atoms with Crippen LogP contribution >= 0.6 is 0 Å². The summed E-state index contributed by atoms with van der Waals surface area (Å²) >= 11 is 0. The van der Waals surface area contributed by atoms with Crippen LogP contribution in [0.1, 0.15) is 36.8 Å². The minimum atomic E-state index is 0.0280. The number of benzene rings is 1. The van der Waals surface area contributed by atoms with Crippen LogP contribution in [0.15, 0.2) is 18.2 Å². The fraction of sp³-hybridized carbons (Fsp3) is 0.579. The average molecular weight is 326 g/mol. The minimum Gasteiger partial charge on any atom is -0.377 e. The second kappa shape index (κ2) is 5.06. The number of hydrogen-bond donors (Lipinski definition) is 2. The summed E-state index contributed by atoms with van der Waals surface area (Å²) in [6.07, 6.45) is 5.88. The predicted octanol–water partition coefficient (Wildman–Crippen LogP) is 1.80. The molecule has 3 atom stereocenters. The molecule has 5 heteroatoms. The van der Waals surface area contributed by atoms with Crippen molar-refractivity contribution in [3.63, 3.8) is 0 Å². The Bertz CT molecular complexity index is 725. The quantitative estimate of drug-likeness (QED) is 0.890. The first kappa shape index (κ1) is 14.5. The Morgan fingerprint density at radius 3 is 3.04 bits per heavy atom. The van der Waals surface area contributed by atoms with Crippen LogP contribution in [-0.4, -0.2) is 30.6 Å². The zero-order valence-corrected chi connectivity index (χ0v) is 13.6. The second-order valence-electron chi connectivity index (χ2n) is 7.77. The van der Waals surface area contributed by atoms with Gasteiger partial charge in [0.25, 0.3) is 0 Å². The molecule has 2 amide bonds. The van der Waals surface area contributed by atoms with E-state index in [1.807, 2.05) is 18.2 Å². The van der Waals surface area contributed by atoms with Crippen LogP contribution < -0.4 is 10.6 Å². The number of amides is 2. The van der Waals surface area contributed by atoms with E-state index in [9.17, 15) is 9.59 Å². The monoisotopic (exact) mass is 326 g/mol. The van der Waals surface area contributed by atoms with E-state index in [-0.39, 0.29) is 17.2 Å². The van der Waals surface area contributed by atoms with E-state index < -0.39 is 0 Å². The first-order chi connectivity index (χ1) is 11.7. The van der Waals surface area contributed by atoms with Crippen LogP contribution in [0.4, 0.5) is 5.69 Å². The van der Waals surface area contributed by atoms with Crippen molar-refractivity contribution < 1.29 is 14.3 Å². The van der Waals surface area contributed by atoms with E-state index >= 15 is 0 Å². The van der Waals surface area contributed by atoms with Gasteiger partial charge in [-0.1, -0.05) is 18.6 Å². The largest absolute Gasteiger partial charge is 0.377 e. The molecule has 1 spiro atoms. The Labute approximate surface area is 141 Å². The molecule has 0 aromatic heterocycles.